The molecule has 2 atom stereocenters. The van der Waals surface area contributed by atoms with Crippen molar-refractivity contribution in [3.63, 3.8) is 0 Å². The van der Waals surface area contributed by atoms with E-state index in [-0.39, 0.29) is 11.6 Å². The van der Waals surface area contributed by atoms with Gasteiger partial charge in [-0.05, 0) is 26.8 Å². The van der Waals surface area contributed by atoms with Crippen LogP contribution in [0.4, 0.5) is 0 Å². The number of hydrogen-bond donors (Lipinski definition) is 1. The van der Waals surface area contributed by atoms with Crippen LogP contribution in [-0.2, 0) is 4.74 Å². The molecule has 0 saturated carbocycles. The van der Waals surface area contributed by atoms with Gasteiger partial charge in [0, 0.05) is 39.8 Å². The molecule has 1 aliphatic rings. The molecule has 1 saturated heterocycles. The Balaban J connectivity index is 2.56. The van der Waals surface area contributed by atoms with Gasteiger partial charge >= 0.3 is 0 Å². The zero-order valence-corrected chi connectivity index (χ0v) is 11.9. The first-order valence-electron chi connectivity index (χ1n) is 6.78. The topological polar surface area (TPSA) is 41.7 Å². The summed E-state index contributed by atoms with van der Waals surface area (Å²) in [4.78, 5) is 5.03. The molecule has 1 heterocycles. The van der Waals surface area contributed by atoms with Gasteiger partial charge in [0.15, 0.2) is 0 Å². The van der Waals surface area contributed by atoms with Gasteiger partial charge in [-0.1, -0.05) is 6.92 Å². The molecule has 1 fully saturated rings. The van der Waals surface area contributed by atoms with Crippen LogP contribution in [0.5, 0.6) is 0 Å². The van der Waals surface area contributed by atoms with Gasteiger partial charge in [-0.15, -0.1) is 0 Å². The third kappa shape index (κ3) is 3.41. The average molecular weight is 243 g/mol. The molecule has 0 aromatic carbocycles. The van der Waals surface area contributed by atoms with E-state index in [0.29, 0.717) is 6.54 Å². The van der Waals surface area contributed by atoms with Crippen molar-refractivity contribution in [3.05, 3.63) is 0 Å². The molecule has 1 rings (SSSR count). The Hall–Kier alpha value is -0.160. The van der Waals surface area contributed by atoms with Crippen LogP contribution in [0.1, 0.15) is 27.2 Å². The summed E-state index contributed by atoms with van der Waals surface area (Å²) >= 11 is 0. The number of rotatable bonds is 6. The maximum atomic E-state index is 5.97. The lowest BCUT2D eigenvalue weighted by Gasteiger charge is -2.47. The van der Waals surface area contributed by atoms with Gasteiger partial charge in [-0.3, -0.25) is 4.90 Å². The van der Waals surface area contributed by atoms with Gasteiger partial charge in [0.2, 0.25) is 0 Å². The van der Waals surface area contributed by atoms with Gasteiger partial charge in [-0.25, -0.2) is 0 Å². The van der Waals surface area contributed by atoms with E-state index in [0.717, 1.165) is 26.2 Å². The van der Waals surface area contributed by atoms with Crippen molar-refractivity contribution < 1.29 is 4.74 Å². The van der Waals surface area contributed by atoms with Crippen molar-refractivity contribution in [3.8, 4) is 0 Å². The van der Waals surface area contributed by atoms with Crippen LogP contribution >= 0.6 is 0 Å². The van der Waals surface area contributed by atoms with Crippen LogP contribution in [0.25, 0.3) is 0 Å². The van der Waals surface area contributed by atoms with Crippen LogP contribution in [0.15, 0.2) is 0 Å². The highest BCUT2D eigenvalue weighted by Crippen LogP contribution is 2.22. The Kier molecular flexibility index (Phi) is 5.86. The second kappa shape index (κ2) is 6.69. The lowest BCUT2D eigenvalue weighted by molar-refractivity contribution is -0.0492. The Bertz CT molecular complexity index is 217. The average Bonchev–Trinajstić information content (AvgIpc) is 2.38. The first-order chi connectivity index (χ1) is 8.08. The van der Waals surface area contributed by atoms with Gasteiger partial charge in [0.05, 0.1) is 11.6 Å². The van der Waals surface area contributed by atoms with Crippen molar-refractivity contribution in [2.45, 2.75) is 38.8 Å². The first-order valence-corrected chi connectivity index (χ1v) is 6.78. The van der Waals surface area contributed by atoms with Crippen molar-refractivity contribution in [1.29, 1.82) is 0 Å². The largest absolute Gasteiger partial charge is 0.380 e. The monoisotopic (exact) mass is 243 g/mol. The number of nitrogens with two attached hydrogens (primary N) is 1. The number of hydrogen-bond acceptors (Lipinski definition) is 4. The Morgan fingerprint density at radius 3 is 2.29 bits per heavy atom. The third-order valence-corrected chi connectivity index (χ3v) is 4.28. The summed E-state index contributed by atoms with van der Waals surface area (Å²) in [6, 6.07) is 0. The van der Waals surface area contributed by atoms with E-state index < -0.39 is 0 Å². The molecule has 0 aromatic heterocycles. The molecule has 0 amide bonds. The molecule has 0 spiro atoms. The first kappa shape index (κ1) is 14.9. The van der Waals surface area contributed by atoms with Gasteiger partial charge in [0.1, 0.15) is 0 Å². The smallest absolute Gasteiger partial charge is 0.0736 e. The van der Waals surface area contributed by atoms with Crippen molar-refractivity contribution >= 4 is 0 Å². The molecule has 0 aromatic rings. The third-order valence-electron chi connectivity index (χ3n) is 4.28. The summed E-state index contributed by atoms with van der Waals surface area (Å²) in [5.74, 6) is 0. The lowest BCUT2D eigenvalue weighted by atomic mass is 9.92. The Morgan fingerprint density at radius 1 is 1.29 bits per heavy atom. The van der Waals surface area contributed by atoms with E-state index in [1.54, 1.807) is 7.11 Å². The summed E-state index contributed by atoms with van der Waals surface area (Å²) in [5.41, 5.74) is 5.94. The highest BCUT2D eigenvalue weighted by atomic mass is 16.5. The summed E-state index contributed by atoms with van der Waals surface area (Å²) in [6.45, 7) is 12.9. The fourth-order valence-electron chi connectivity index (χ4n) is 2.60. The molecule has 0 radical (unpaired) electrons. The summed E-state index contributed by atoms with van der Waals surface area (Å²) in [7, 11) is 1.77. The van der Waals surface area contributed by atoms with Gasteiger partial charge < -0.3 is 15.4 Å². The van der Waals surface area contributed by atoms with Crippen molar-refractivity contribution in [2.24, 2.45) is 5.73 Å². The molecule has 17 heavy (non-hydrogen) atoms. The van der Waals surface area contributed by atoms with Crippen LogP contribution in [0.2, 0.25) is 0 Å². The molecule has 4 heteroatoms. The predicted molar refractivity (Wildman–Crippen MR) is 72.2 cm³/mol. The Labute approximate surface area is 106 Å². The molecule has 0 bridgehead atoms. The summed E-state index contributed by atoms with van der Waals surface area (Å²) in [6.07, 6.45) is 1.41. The predicted octanol–water partition coefficient (Wildman–Crippen LogP) is 0.766. The van der Waals surface area contributed by atoms with Gasteiger partial charge in [-0.2, -0.15) is 0 Å². The molecular weight excluding hydrogens is 214 g/mol. The number of nitrogens with zero attached hydrogens (tertiary/aromatic N) is 2. The molecule has 2 N–H and O–H groups in total. The fraction of sp³-hybridized carbons (Fsp3) is 1.00. The minimum atomic E-state index is -0.0347. The minimum Gasteiger partial charge on any atom is -0.380 e. The second-order valence-electron chi connectivity index (χ2n) is 5.27. The van der Waals surface area contributed by atoms with Crippen LogP contribution in [0.3, 0.4) is 0 Å². The second-order valence-corrected chi connectivity index (χ2v) is 5.27. The molecular formula is C13H29N3O. The van der Waals surface area contributed by atoms with Crippen LogP contribution < -0.4 is 5.73 Å². The lowest BCUT2D eigenvalue weighted by Crippen LogP contribution is -2.63. The molecule has 2 unspecified atom stereocenters. The van der Waals surface area contributed by atoms with Crippen LogP contribution in [-0.4, -0.2) is 67.8 Å². The quantitative estimate of drug-likeness (QED) is 0.748. The SMILES string of the molecule is CCCN1CCN(C(C)(CN)C(C)OC)CC1. The van der Waals surface area contributed by atoms with E-state index in [2.05, 4.69) is 30.6 Å². The fourth-order valence-corrected chi connectivity index (χ4v) is 2.60. The van der Waals surface area contributed by atoms with E-state index in [9.17, 15) is 0 Å². The minimum absolute atomic E-state index is 0.0347. The van der Waals surface area contributed by atoms with E-state index in [1.165, 1.54) is 13.0 Å². The van der Waals surface area contributed by atoms with E-state index in [4.69, 9.17) is 10.5 Å². The number of ether oxygens (including phenoxy) is 1. The zero-order valence-electron chi connectivity index (χ0n) is 11.9. The standard InChI is InChI=1S/C13H29N3O/c1-5-6-15-7-9-16(10-8-15)13(3,11-14)12(2)17-4/h12H,5-11,14H2,1-4H3. The molecule has 102 valence electrons. The Morgan fingerprint density at radius 2 is 1.88 bits per heavy atom. The van der Waals surface area contributed by atoms with Crippen LogP contribution in [0, 0.1) is 0 Å². The molecule has 0 aliphatic carbocycles. The highest BCUT2D eigenvalue weighted by molar-refractivity contribution is 4.95. The zero-order chi connectivity index (χ0) is 12.9. The highest BCUT2D eigenvalue weighted by Gasteiger charge is 2.37. The molecule has 1 aliphatic heterocycles. The van der Waals surface area contributed by atoms with E-state index >= 15 is 0 Å². The maximum absolute atomic E-state index is 5.97. The number of piperazine rings is 1. The van der Waals surface area contributed by atoms with Crippen molar-refractivity contribution in [1.82, 2.24) is 9.80 Å². The maximum Gasteiger partial charge on any atom is 0.0736 e. The summed E-state index contributed by atoms with van der Waals surface area (Å²) in [5, 5.41) is 0. The molecule has 4 nitrogen and oxygen atoms in total. The van der Waals surface area contributed by atoms with E-state index in [1.807, 2.05) is 0 Å². The van der Waals surface area contributed by atoms with Crippen molar-refractivity contribution in [2.75, 3.05) is 46.4 Å². The number of methoxy groups -OCH3 is 1. The van der Waals surface area contributed by atoms with Gasteiger partial charge in [0.25, 0.3) is 0 Å². The summed E-state index contributed by atoms with van der Waals surface area (Å²) < 4.78 is 5.50. The normalized spacial score (nSPS) is 24.5.